The van der Waals surface area contributed by atoms with Gasteiger partial charge in [0, 0.05) is 25.1 Å². The second-order valence-electron chi connectivity index (χ2n) is 5.37. The Morgan fingerprint density at radius 2 is 2.29 bits per heavy atom. The lowest BCUT2D eigenvalue weighted by molar-refractivity contribution is -0.119. The van der Waals surface area contributed by atoms with Gasteiger partial charge in [-0.15, -0.1) is 0 Å². The average molecular weight is 282 g/mol. The van der Waals surface area contributed by atoms with Crippen molar-refractivity contribution in [2.75, 3.05) is 6.54 Å². The standard InChI is InChI=1S/C17H18N2O2/c1-11-4-3-7-18-17(11)13-5-6-16-14(8-13)9-15(21-16)10-19-12(2)20/h3-8,15H,9-10H2,1-2H3,(H,19,20). The second kappa shape index (κ2) is 5.56. The lowest BCUT2D eigenvalue weighted by Gasteiger charge is -2.10. The highest BCUT2D eigenvalue weighted by Gasteiger charge is 2.23. The van der Waals surface area contributed by atoms with Crippen LogP contribution in [0.2, 0.25) is 0 Å². The van der Waals surface area contributed by atoms with Gasteiger partial charge < -0.3 is 10.1 Å². The van der Waals surface area contributed by atoms with Crippen molar-refractivity contribution in [1.82, 2.24) is 10.3 Å². The molecule has 3 rings (SSSR count). The molecule has 0 saturated heterocycles. The van der Waals surface area contributed by atoms with Crippen molar-refractivity contribution in [3.8, 4) is 17.0 Å². The molecule has 1 N–H and O–H groups in total. The maximum Gasteiger partial charge on any atom is 0.217 e. The van der Waals surface area contributed by atoms with Crippen molar-refractivity contribution in [2.24, 2.45) is 0 Å². The van der Waals surface area contributed by atoms with Crippen LogP contribution in [0.15, 0.2) is 36.5 Å². The fourth-order valence-corrected chi connectivity index (χ4v) is 2.63. The average Bonchev–Trinajstić information content (AvgIpc) is 2.87. The number of hydrogen-bond donors (Lipinski definition) is 1. The number of carbonyl (C=O) groups is 1. The number of amides is 1. The van der Waals surface area contributed by atoms with Gasteiger partial charge in [-0.1, -0.05) is 6.07 Å². The van der Waals surface area contributed by atoms with Gasteiger partial charge in [0.2, 0.25) is 5.91 Å². The predicted octanol–water partition coefficient (Wildman–Crippen LogP) is 2.50. The first-order chi connectivity index (χ1) is 10.1. The van der Waals surface area contributed by atoms with Crippen LogP contribution >= 0.6 is 0 Å². The molecule has 0 fully saturated rings. The summed E-state index contributed by atoms with van der Waals surface area (Å²) < 4.78 is 5.84. The number of carbonyl (C=O) groups excluding carboxylic acids is 1. The molecule has 0 saturated carbocycles. The molecule has 1 amide bonds. The molecule has 1 aromatic heterocycles. The third-order valence-corrected chi connectivity index (χ3v) is 3.66. The number of benzene rings is 1. The fraction of sp³-hybridized carbons (Fsp3) is 0.294. The van der Waals surface area contributed by atoms with Gasteiger partial charge in [0.05, 0.1) is 12.2 Å². The molecule has 2 aromatic rings. The Labute approximate surface area is 124 Å². The zero-order valence-electron chi connectivity index (χ0n) is 12.2. The maximum atomic E-state index is 11.0. The number of aryl methyl sites for hydroxylation is 1. The van der Waals surface area contributed by atoms with Crippen LogP contribution in [-0.4, -0.2) is 23.5 Å². The molecule has 0 spiro atoms. The number of nitrogens with one attached hydrogen (secondary N) is 1. The third-order valence-electron chi connectivity index (χ3n) is 3.66. The molecule has 108 valence electrons. The lowest BCUT2D eigenvalue weighted by Crippen LogP contribution is -2.32. The van der Waals surface area contributed by atoms with Gasteiger partial charge in [-0.3, -0.25) is 9.78 Å². The van der Waals surface area contributed by atoms with Crippen LogP contribution in [0.4, 0.5) is 0 Å². The van der Waals surface area contributed by atoms with E-state index in [2.05, 4.69) is 29.4 Å². The summed E-state index contributed by atoms with van der Waals surface area (Å²) in [6.45, 7) is 4.12. The van der Waals surface area contributed by atoms with Crippen LogP contribution in [0.3, 0.4) is 0 Å². The summed E-state index contributed by atoms with van der Waals surface area (Å²) in [7, 11) is 0. The summed E-state index contributed by atoms with van der Waals surface area (Å²) in [6.07, 6.45) is 2.64. The first-order valence-corrected chi connectivity index (χ1v) is 7.09. The molecular weight excluding hydrogens is 264 g/mol. The summed E-state index contributed by atoms with van der Waals surface area (Å²) in [5, 5.41) is 2.80. The monoisotopic (exact) mass is 282 g/mol. The quantitative estimate of drug-likeness (QED) is 0.941. The number of ether oxygens (including phenoxy) is 1. The molecule has 1 unspecified atom stereocenters. The molecule has 2 heterocycles. The van der Waals surface area contributed by atoms with Crippen molar-refractivity contribution >= 4 is 5.91 Å². The molecule has 0 aliphatic carbocycles. The minimum Gasteiger partial charge on any atom is -0.488 e. The van der Waals surface area contributed by atoms with Crippen LogP contribution in [0.1, 0.15) is 18.1 Å². The lowest BCUT2D eigenvalue weighted by atomic mass is 10.0. The molecule has 0 radical (unpaired) electrons. The number of pyridine rings is 1. The number of nitrogens with zero attached hydrogens (tertiary/aromatic N) is 1. The Bertz CT molecular complexity index is 682. The number of hydrogen-bond acceptors (Lipinski definition) is 3. The van der Waals surface area contributed by atoms with Gasteiger partial charge >= 0.3 is 0 Å². The Balaban J connectivity index is 1.81. The fourth-order valence-electron chi connectivity index (χ4n) is 2.63. The van der Waals surface area contributed by atoms with E-state index in [1.165, 1.54) is 12.5 Å². The zero-order chi connectivity index (χ0) is 14.8. The zero-order valence-corrected chi connectivity index (χ0v) is 12.2. The topological polar surface area (TPSA) is 51.2 Å². The van der Waals surface area contributed by atoms with E-state index in [1.54, 1.807) is 0 Å². The molecular formula is C17H18N2O2. The molecule has 4 nitrogen and oxygen atoms in total. The van der Waals surface area contributed by atoms with E-state index in [0.717, 1.165) is 29.0 Å². The van der Waals surface area contributed by atoms with Gasteiger partial charge in [0.25, 0.3) is 0 Å². The van der Waals surface area contributed by atoms with Crippen molar-refractivity contribution in [3.05, 3.63) is 47.7 Å². The summed E-state index contributed by atoms with van der Waals surface area (Å²) in [5.74, 6) is 0.877. The van der Waals surface area contributed by atoms with Crippen molar-refractivity contribution in [1.29, 1.82) is 0 Å². The summed E-state index contributed by atoms with van der Waals surface area (Å²) in [6, 6.07) is 10.2. The SMILES string of the molecule is CC(=O)NCC1Cc2cc(-c3ncccc3C)ccc2O1. The molecule has 1 atom stereocenters. The van der Waals surface area contributed by atoms with Crippen LogP contribution in [-0.2, 0) is 11.2 Å². The highest BCUT2D eigenvalue weighted by Crippen LogP contribution is 2.33. The number of rotatable bonds is 3. The highest BCUT2D eigenvalue weighted by molar-refractivity contribution is 5.72. The summed E-state index contributed by atoms with van der Waals surface area (Å²) in [5.41, 5.74) is 4.44. The smallest absolute Gasteiger partial charge is 0.217 e. The van der Waals surface area contributed by atoms with E-state index >= 15 is 0 Å². The second-order valence-corrected chi connectivity index (χ2v) is 5.37. The Kier molecular flexibility index (Phi) is 3.60. The first kappa shape index (κ1) is 13.6. The summed E-state index contributed by atoms with van der Waals surface area (Å²) in [4.78, 5) is 15.4. The Morgan fingerprint density at radius 1 is 1.43 bits per heavy atom. The summed E-state index contributed by atoms with van der Waals surface area (Å²) >= 11 is 0. The van der Waals surface area contributed by atoms with Crippen molar-refractivity contribution < 1.29 is 9.53 Å². The van der Waals surface area contributed by atoms with Gasteiger partial charge in [0.15, 0.2) is 0 Å². The minimum atomic E-state index is -0.0284. The molecule has 0 bridgehead atoms. The van der Waals surface area contributed by atoms with E-state index < -0.39 is 0 Å². The third kappa shape index (κ3) is 2.89. The largest absolute Gasteiger partial charge is 0.488 e. The Hall–Kier alpha value is -2.36. The van der Waals surface area contributed by atoms with Gasteiger partial charge in [0.1, 0.15) is 11.9 Å². The predicted molar refractivity (Wildman–Crippen MR) is 81.2 cm³/mol. The van der Waals surface area contributed by atoms with Crippen LogP contribution in [0.25, 0.3) is 11.3 Å². The van der Waals surface area contributed by atoms with E-state index in [1.807, 2.05) is 24.4 Å². The molecule has 1 aliphatic heterocycles. The normalized spacial score (nSPS) is 16.2. The minimum absolute atomic E-state index is 0.0176. The van der Waals surface area contributed by atoms with E-state index in [0.29, 0.717) is 6.54 Å². The maximum absolute atomic E-state index is 11.0. The van der Waals surface area contributed by atoms with E-state index in [9.17, 15) is 4.79 Å². The number of fused-ring (bicyclic) bond motifs is 1. The molecule has 21 heavy (non-hydrogen) atoms. The first-order valence-electron chi connectivity index (χ1n) is 7.09. The Morgan fingerprint density at radius 3 is 3.05 bits per heavy atom. The highest BCUT2D eigenvalue weighted by atomic mass is 16.5. The van der Waals surface area contributed by atoms with E-state index in [-0.39, 0.29) is 12.0 Å². The van der Waals surface area contributed by atoms with E-state index in [4.69, 9.17) is 4.74 Å². The number of aromatic nitrogens is 1. The van der Waals surface area contributed by atoms with Crippen molar-refractivity contribution in [2.45, 2.75) is 26.4 Å². The van der Waals surface area contributed by atoms with Crippen LogP contribution in [0, 0.1) is 6.92 Å². The van der Waals surface area contributed by atoms with Gasteiger partial charge in [-0.2, -0.15) is 0 Å². The molecule has 1 aromatic carbocycles. The van der Waals surface area contributed by atoms with Gasteiger partial charge in [-0.25, -0.2) is 0 Å². The molecule has 1 aliphatic rings. The molecule has 4 heteroatoms. The van der Waals surface area contributed by atoms with Crippen LogP contribution < -0.4 is 10.1 Å². The van der Waals surface area contributed by atoms with Gasteiger partial charge in [-0.05, 0) is 42.3 Å². The van der Waals surface area contributed by atoms with Crippen LogP contribution in [0.5, 0.6) is 5.75 Å². The van der Waals surface area contributed by atoms with Crippen molar-refractivity contribution in [3.63, 3.8) is 0 Å².